The van der Waals surface area contributed by atoms with Gasteiger partial charge in [0.05, 0.1) is 6.20 Å². The highest BCUT2D eigenvalue weighted by molar-refractivity contribution is 7.16. The van der Waals surface area contributed by atoms with Gasteiger partial charge in [0, 0.05) is 13.1 Å². The number of hydrogen-bond donors (Lipinski definition) is 0. The first kappa shape index (κ1) is 8.52. The van der Waals surface area contributed by atoms with Crippen LogP contribution in [0.2, 0.25) is 0 Å². The molecule has 1 aliphatic rings. The van der Waals surface area contributed by atoms with Crippen molar-refractivity contribution >= 4 is 16.5 Å². The third kappa shape index (κ3) is 1.52. The van der Waals surface area contributed by atoms with Gasteiger partial charge in [-0.2, -0.15) is 5.26 Å². The van der Waals surface area contributed by atoms with E-state index in [-0.39, 0.29) is 0 Å². The Hall–Kier alpha value is -1.08. The van der Waals surface area contributed by atoms with Gasteiger partial charge >= 0.3 is 0 Å². The lowest BCUT2D eigenvalue weighted by Gasteiger charge is -2.34. The molecule has 1 fully saturated rings. The summed E-state index contributed by atoms with van der Waals surface area (Å²) in [6.45, 7) is 0. The van der Waals surface area contributed by atoms with Gasteiger partial charge in [-0.05, 0) is 19.3 Å². The maximum atomic E-state index is 8.64. The summed E-state index contributed by atoms with van der Waals surface area (Å²) in [4.78, 5) is 7.10. The van der Waals surface area contributed by atoms with E-state index in [9.17, 15) is 0 Å². The zero-order valence-electron chi connectivity index (χ0n) is 7.53. The molecule has 0 saturated heterocycles. The van der Waals surface area contributed by atoms with E-state index in [1.165, 1.54) is 30.6 Å². The van der Waals surface area contributed by atoms with Gasteiger partial charge in [0.2, 0.25) is 0 Å². The van der Waals surface area contributed by atoms with Crippen molar-refractivity contribution in [1.82, 2.24) is 4.98 Å². The lowest BCUT2D eigenvalue weighted by atomic mass is 9.92. The molecule has 2 rings (SSSR count). The highest BCUT2D eigenvalue weighted by Gasteiger charge is 2.23. The van der Waals surface area contributed by atoms with Crippen molar-refractivity contribution in [3.8, 4) is 6.07 Å². The number of aromatic nitrogens is 1. The Morgan fingerprint density at radius 1 is 1.69 bits per heavy atom. The summed E-state index contributed by atoms with van der Waals surface area (Å²) in [6, 6.07) is 2.76. The Bertz CT molecular complexity index is 335. The standard InChI is InChI=1S/C9H11N3S/c1-12(7-3-2-4-7)9-11-6-8(5-10)13-9/h6-7H,2-4H2,1H3. The molecule has 0 unspecified atom stereocenters. The van der Waals surface area contributed by atoms with Gasteiger partial charge in [0.25, 0.3) is 0 Å². The summed E-state index contributed by atoms with van der Waals surface area (Å²) in [5.41, 5.74) is 0. The Morgan fingerprint density at radius 3 is 2.92 bits per heavy atom. The van der Waals surface area contributed by atoms with Gasteiger partial charge in [-0.3, -0.25) is 0 Å². The minimum atomic E-state index is 0.651. The molecule has 1 aliphatic carbocycles. The van der Waals surface area contributed by atoms with Gasteiger partial charge in [0.15, 0.2) is 5.13 Å². The van der Waals surface area contributed by atoms with E-state index in [2.05, 4.69) is 23.0 Å². The molecule has 1 aromatic rings. The van der Waals surface area contributed by atoms with Crippen LogP contribution in [-0.4, -0.2) is 18.1 Å². The van der Waals surface area contributed by atoms with Crippen LogP contribution in [0, 0.1) is 11.3 Å². The van der Waals surface area contributed by atoms with E-state index in [1.54, 1.807) is 6.20 Å². The number of anilines is 1. The largest absolute Gasteiger partial charge is 0.348 e. The fourth-order valence-electron chi connectivity index (χ4n) is 1.41. The number of nitriles is 1. The summed E-state index contributed by atoms with van der Waals surface area (Å²) >= 11 is 1.47. The van der Waals surface area contributed by atoms with Crippen molar-refractivity contribution in [2.45, 2.75) is 25.3 Å². The van der Waals surface area contributed by atoms with Crippen LogP contribution >= 0.6 is 11.3 Å². The summed E-state index contributed by atoms with van der Waals surface area (Å²) in [6.07, 6.45) is 5.50. The molecule has 0 amide bonds. The molecule has 0 N–H and O–H groups in total. The summed E-state index contributed by atoms with van der Waals surface area (Å²) in [7, 11) is 2.06. The third-order valence-corrected chi connectivity index (χ3v) is 3.52. The summed E-state index contributed by atoms with van der Waals surface area (Å²) in [5.74, 6) is 0. The molecular weight excluding hydrogens is 182 g/mol. The predicted molar refractivity (Wildman–Crippen MR) is 52.9 cm³/mol. The van der Waals surface area contributed by atoms with Gasteiger partial charge in [-0.25, -0.2) is 4.98 Å². The molecule has 4 heteroatoms. The Kier molecular flexibility index (Phi) is 2.19. The Morgan fingerprint density at radius 2 is 2.46 bits per heavy atom. The van der Waals surface area contributed by atoms with Crippen LogP contribution in [0.4, 0.5) is 5.13 Å². The van der Waals surface area contributed by atoms with E-state index in [0.29, 0.717) is 10.9 Å². The molecule has 0 radical (unpaired) electrons. The highest BCUT2D eigenvalue weighted by atomic mass is 32.1. The molecule has 3 nitrogen and oxygen atoms in total. The first-order valence-corrected chi connectivity index (χ1v) is 5.21. The molecule has 13 heavy (non-hydrogen) atoms. The average Bonchev–Trinajstić information content (AvgIpc) is 2.48. The lowest BCUT2D eigenvalue weighted by molar-refractivity contribution is 0.401. The normalized spacial score (nSPS) is 16.3. The first-order valence-electron chi connectivity index (χ1n) is 4.40. The van der Waals surface area contributed by atoms with Crippen molar-refractivity contribution in [3.05, 3.63) is 11.1 Å². The molecule has 1 heterocycles. The SMILES string of the molecule is CN(c1ncc(C#N)s1)C1CCC1. The van der Waals surface area contributed by atoms with Crippen LogP contribution < -0.4 is 4.90 Å². The second-order valence-corrected chi connectivity index (χ2v) is 4.32. The molecule has 0 spiro atoms. The second kappa shape index (κ2) is 3.35. The van der Waals surface area contributed by atoms with E-state index in [4.69, 9.17) is 5.26 Å². The number of rotatable bonds is 2. The number of nitrogens with zero attached hydrogens (tertiary/aromatic N) is 3. The van der Waals surface area contributed by atoms with E-state index >= 15 is 0 Å². The molecule has 0 atom stereocenters. The summed E-state index contributed by atoms with van der Waals surface area (Å²) in [5, 5.41) is 9.62. The quantitative estimate of drug-likeness (QED) is 0.721. The fourth-order valence-corrected chi connectivity index (χ4v) is 2.16. The van der Waals surface area contributed by atoms with Crippen molar-refractivity contribution in [3.63, 3.8) is 0 Å². The molecule has 0 aromatic carbocycles. The third-order valence-electron chi connectivity index (χ3n) is 2.53. The van der Waals surface area contributed by atoms with E-state index < -0.39 is 0 Å². The van der Waals surface area contributed by atoms with Crippen LogP contribution in [0.1, 0.15) is 24.1 Å². The lowest BCUT2D eigenvalue weighted by Crippen LogP contribution is -2.36. The van der Waals surface area contributed by atoms with Gasteiger partial charge in [-0.15, -0.1) is 0 Å². The monoisotopic (exact) mass is 193 g/mol. The Balaban J connectivity index is 2.11. The van der Waals surface area contributed by atoms with Crippen LogP contribution in [0.25, 0.3) is 0 Å². The Labute approximate surface area is 81.6 Å². The number of hydrogen-bond acceptors (Lipinski definition) is 4. The highest BCUT2D eigenvalue weighted by Crippen LogP contribution is 2.30. The van der Waals surface area contributed by atoms with E-state index in [0.717, 1.165) is 5.13 Å². The second-order valence-electron chi connectivity index (χ2n) is 3.31. The van der Waals surface area contributed by atoms with E-state index in [1.807, 2.05) is 0 Å². The molecular formula is C9H11N3S. The maximum absolute atomic E-state index is 8.64. The van der Waals surface area contributed by atoms with Crippen molar-refractivity contribution in [2.24, 2.45) is 0 Å². The first-order chi connectivity index (χ1) is 6.31. The molecule has 1 aromatic heterocycles. The zero-order chi connectivity index (χ0) is 9.26. The predicted octanol–water partition coefficient (Wildman–Crippen LogP) is 2.00. The van der Waals surface area contributed by atoms with Gasteiger partial charge in [0.1, 0.15) is 10.9 Å². The minimum Gasteiger partial charge on any atom is -0.348 e. The topological polar surface area (TPSA) is 39.9 Å². The van der Waals surface area contributed by atoms with Crippen LogP contribution in [0.15, 0.2) is 6.20 Å². The molecule has 0 bridgehead atoms. The van der Waals surface area contributed by atoms with Crippen molar-refractivity contribution in [1.29, 1.82) is 5.26 Å². The maximum Gasteiger partial charge on any atom is 0.186 e. The molecule has 0 aliphatic heterocycles. The van der Waals surface area contributed by atoms with Crippen LogP contribution in [0.5, 0.6) is 0 Å². The van der Waals surface area contributed by atoms with Crippen LogP contribution in [0.3, 0.4) is 0 Å². The van der Waals surface area contributed by atoms with Gasteiger partial charge < -0.3 is 4.90 Å². The summed E-state index contributed by atoms with van der Waals surface area (Å²) < 4.78 is 0. The fraction of sp³-hybridized carbons (Fsp3) is 0.556. The van der Waals surface area contributed by atoms with Crippen molar-refractivity contribution in [2.75, 3.05) is 11.9 Å². The number of thiazole rings is 1. The molecule has 1 saturated carbocycles. The zero-order valence-corrected chi connectivity index (χ0v) is 8.34. The van der Waals surface area contributed by atoms with Gasteiger partial charge in [-0.1, -0.05) is 11.3 Å². The average molecular weight is 193 g/mol. The van der Waals surface area contributed by atoms with Crippen LogP contribution in [-0.2, 0) is 0 Å². The van der Waals surface area contributed by atoms with Crippen molar-refractivity contribution < 1.29 is 0 Å². The molecule has 68 valence electrons. The minimum absolute atomic E-state index is 0.651. The smallest absolute Gasteiger partial charge is 0.186 e.